The number of carbonyl (C=O) groups excluding carboxylic acids is 1. The molecule has 2 heterocycles. The van der Waals surface area contributed by atoms with Crippen LogP contribution in [0.5, 0.6) is 11.5 Å². The molecule has 13 nitrogen and oxygen atoms in total. The predicted octanol–water partition coefficient (Wildman–Crippen LogP) is 3.89. The summed E-state index contributed by atoms with van der Waals surface area (Å²) in [5, 5.41) is 20.4. The maximum atomic E-state index is 12.8. The lowest BCUT2D eigenvalue weighted by Gasteiger charge is -2.41. The van der Waals surface area contributed by atoms with Gasteiger partial charge in [-0.1, -0.05) is 24.3 Å². The van der Waals surface area contributed by atoms with Crippen LogP contribution in [-0.2, 0) is 35.2 Å². The van der Waals surface area contributed by atoms with Crippen LogP contribution in [0.25, 0.3) is 0 Å². The second kappa shape index (κ2) is 18.5. The molecule has 47 heavy (non-hydrogen) atoms. The zero-order chi connectivity index (χ0) is 32.8. The molecule has 1 aliphatic carbocycles. The number of piperidine rings is 1. The highest BCUT2D eigenvalue weighted by Crippen LogP contribution is 2.34. The van der Waals surface area contributed by atoms with Crippen molar-refractivity contribution in [3.8, 4) is 11.5 Å². The van der Waals surface area contributed by atoms with Gasteiger partial charge in [-0.05, 0) is 68.4 Å². The van der Waals surface area contributed by atoms with Crippen LogP contribution < -0.4 is 19.7 Å². The topological polar surface area (TPSA) is 141 Å². The molecule has 3 atom stereocenters. The van der Waals surface area contributed by atoms with Gasteiger partial charge in [-0.25, -0.2) is 0 Å². The summed E-state index contributed by atoms with van der Waals surface area (Å²) in [4.78, 5) is 19.7. The fourth-order valence-electron chi connectivity index (χ4n) is 6.31. The van der Waals surface area contributed by atoms with Gasteiger partial charge in [0.1, 0.15) is 36.4 Å². The molecule has 2 fully saturated rings. The summed E-state index contributed by atoms with van der Waals surface area (Å²) in [6.45, 7) is 4.37. The van der Waals surface area contributed by atoms with Crippen LogP contribution in [0.1, 0.15) is 50.5 Å². The monoisotopic (exact) mass is 659 g/mol. The maximum absolute atomic E-state index is 12.8. The molecule has 5 rings (SSSR count). The van der Waals surface area contributed by atoms with E-state index in [-0.39, 0.29) is 43.2 Å². The summed E-state index contributed by atoms with van der Waals surface area (Å²) in [5.74, 6) is 1.33. The molecule has 0 bridgehead atoms. The molecule has 3 N–H and O–H groups in total. The van der Waals surface area contributed by atoms with E-state index in [1.807, 2.05) is 42.5 Å². The largest absolute Gasteiger partial charge is 0.490 e. The van der Waals surface area contributed by atoms with Crippen molar-refractivity contribution in [2.45, 2.75) is 82.1 Å². The van der Waals surface area contributed by atoms with Crippen molar-refractivity contribution in [3.05, 3.63) is 54.1 Å². The summed E-state index contributed by atoms with van der Waals surface area (Å²) in [5.41, 5.74) is 2.07. The van der Waals surface area contributed by atoms with E-state index in [4.69, 9.17) is 38.8 Å². The quantitative estimate of drug-likeness (QED) is 0.129. The fourth-order valence-corrected chi connectivity index (χ4v) is 6.31. The minimum Gasteiger partial charge on any atom is -0.490 e. The van der Waals surface area contributed by atoms with Crippen LogP contribution >= 0.6 is 0 Å². The third-order valence-corrected chi connectivity index (χ3v) is 8.68. The number of hydrogen-bond acceptors (Lipinski definition) is 13. The standard InChI is InChI=1S/C34H49N3O10/c1-41-18-6-16-36-17-20-42-30-15-10-25(21-29(30)36)24-43-31-22-35-23-32(47-33(38)9-5-19-44-37(39)40)34(31)46-28-13-11-27(12-14-28)45-26-7-3-2-4-8-26/h2-4,7-8,10,15,21,27-28,31-32,34-35,39-40H,5-6,9,11-14,16-20,22-24H2,1H3. The van der Waals surface area contributed by atoms with Gasteiger partial charge in [-0.15, -0.1) is 0 Å². The average molecular weight is 660 g/mol. The Labute approximate surface area is 276 Å². The zero-order valence-corrected chi connectivity index (χ0v) is 27.2. The molecule has 3 unspecified atom stereocenters. The Morgan fingerprint density at radius 3 is 2.57 bits per heavy atom. The maximum Gasteiger partial charge on any atom is 0.306 e. The summed E-state index contributed by atoms with van der Waals surface area (Å²) < 4.78 is 36.5. The number of carbonyl (C=O) groups is 1. The Kier molecular flexibility index (Phi) is 13.9. The third-order valence-electron chi connectivity index (χ3n) is 8.68. The second-order valence-electron chi connectivity index (χ2n) is 12.1. The normalized spacial score (nSPS) is 24.4. The van der Waals surface area contributed by atoms with Crippen LogP contribution in [0.15, 0.2) is 48.5 Å². The minimum absolute atomic E-state index is 0.0175. The smallest absolute Gasteiger partial charge is 0.306 e. The molecule has 0 aromatic heterocycles. The molecule has 0 spiro atoms. The number of anilines is 1. The SMILES string of the molecule is COCCCN1CCOc2ccc(COC3CNCC(OC(=O)CCCON(O)O)C3OC3CCC(Oc4ccccc4)CC3)cc21. The van der Waals surface area contributed by atoms with Crippen LogP contribution in [0.4, 0.5) is 5.69 Å². The van der Waals surface area contributed by atoms with Crippen molar-refractivity contribution in [3.63, 3.8) is 0 Å². The Balaban J connectivity index is 1.21. The second-order valence-corrected chi connectivity index (χ2v) is 12.1. The lowest BCUT2D eigenvalue weighted by atomic mass is 9.93. The van der Waals surface area contributed by atoms with Crippen molar-refractivity contribution in [2.75, 3.05) is 58.0 Å². The summed E-state index contributed by atoms with van der Waals surface area (Å²) >= 11 is 0. The van der Waals surface area contributed by atoms with E-state index in [1.165, 1.54) is 0 Å². The number of esters is 1. The molecular formula is C34H49N3O10. The molecule has 2 aromatic carbocycles. The predicted molar refractivity (Wildman–Crippen MR) is 171 cm³/mol. The van der Waals surface area contributed by atoms with E-state index in [2.05, 4.69) is 21.1 Å². The van der Waals surface area contributed by atoms with Gasteiger partial charge < -0.3 is 38.6 Å². The molecule has 1 saturated heterocycles. The van der Waals surface area contributed by atoms with E-state index >= 15 is 0 Å². The van der Waals surface area contributed by atoms with Gasteiger partial charge in [0, 0.05) is 39.8 Å². The van der Waals surface area contributed by atoms with E-state index < -0.39 is 18.2 Å². The molecule has 2 aliphatic heterocycles. The minimum atomic E-state index is -0.555. The number of methoxy groups -OCH3 is 1. The van der Waals surface area contributed by atoms with Crippen molar-refractivity contribution in [2.24, 2.45) is 0 Å². The van der Waals surface area contributed by atoms with E-state index in [0.717, 1.165) is 67.9 Å². The first kappa shape index (κ1) is 35.3. The number of nitrogens with zero attached hydrogens (tertiary/aromatic N) is 2. The number of fused-ring (bicyclic) bond motifs is 1. The number of hydrogen-bond donors (Lipinski definition) is 3. The van der Waals surface area contributed by atoms with Gasteiger partial charge in [-0.2, -0.15) is 0 Å². The first-order chi connectivity index (χ1) is 23.0. The molecule has 1 saturated carbocycles. The first-order valence-corrected chi connectivity index (χ1v) is 16.7. The van der Waals surface area contributed by atoms with Gasteiger partial charge in [0.25, 0.3) is 0 Å². The van der Waals surface area contributed by atoms with Crippen molar-refractivity contribution in [1.29, 1.82) is 0 Å². The van der Waals surface area contributed by atoms with Crippen LogP contribution in [-0.4, -0.2) is 105 Å². The molecular weight excluding hydrogens is 610 g/mol. The van der Waals surface area contributed by atoms with Gasteiger partial charge in [-0.3, -0.25) is 20.0 Å². The number of ether oxygens (including phenoxy) is 6. The molecule has 0 amide bonds. The highest BCUT2D eigenvalue weighted by Gasteiger charge is 2.40. The molecule has 13 heteroatoms. The van der Waals surface area contributed by atoms with Crippen LogP contribution in [0, 0.1) is 0 Å². The number of rotatable bonds is 17. The van der Waals surface area contributed by atoms with Crippen molar-refractivity contribution < 1.29 is 48.5 Å². The van der Waals surface area contributed by atoms with Gasteiger partial charge in [0.2, 0.25) is 0 Å². The Morgan fingerprint density at radius 2 is 1.79 bits per heavy atom. The molecule has 2 aromatic rings. The molecule has 0 radical (unpaired) electrons. The van der Waals surface area contributed by atoms with Crippen molar-refractivity contribution in [1.82, 2.24) is 10.7 Å². The Morgan fingerprint density at radius 1 is 1.00 bits per heavy atom. The highest BCUT2D eigenvalue weighted by molar-refractivity contribution is 5.69. The van der Waals surface area contributed by atoms with Crippen molar-refractivity contribution >= 4 is 11.7 Å². The van der Waals surface area contributed by atoms with Crippen LogP contribution in [0.3, 0.4) is 0 Å². The third kappa shape index (κ3) is 11.0. The van der Waals surface area contributed by atoms with Gasteiger partial charge in [0.15, 0.2) is 0 Å². The van der Waals surface area contributed by atoms with Crippen LogP contribution in [0.2, 0.25) is 0 Å². The summed E-state index contributed by atoms with van der Waals surface area (Å²) in [7, 11) is 1.72. The molecule has 260 valence electrons. The van der Waals surface area contributed by atoms with E-state index in [1.54, 1.807) is 7.11 Å². The zero-order valence-electron chi connectivity index (χ0n) is 27.2. The summed E-state index contributed by atoms with van der Waals surface area (Å²) in [6.07, 6.45) is 3.37. The number of para-hydroxylation sites is 1. The summed E-state index contributed by atoms with van der Waals surface area (Å²) in [6, 6.07) is 16.0. The van der Waals surface area contributed by atoms with Gasteiger partial charge >= 0.3 is 5.97 Å². The first-order valence-electron chi connectivity index (χ1n) is 16.7. The lowest BCUT2D eigenvalue weighted by Crippen LogP contribution is -2.58. The van der Waals surface area contributed by atoms with E-state index in [0.29, 0.717) is 32.9 Å². The Bertz CT molecular complexity index is 1210. The average Bonchev–Trinajstić information content (AvgIpc) is 3.08. The molecule has 3 aliphatic rings. The van der Waals surface area contributed by atoms with Gasteiger partial charge in [0.05, 0.1) is 43.0 Å². The highest BCUT2D eigenvalue weighted by atomic mass is 17.1. The Hall–Kier alpha value is -3.01. The lowest BCUT2D eigenvalue weighted by molar-refractivity contribution is -0.492. The fraction of sp³-hybridized carbons (Fsp3) is 0.618. The number of benzene rings is 2. The van der Waals surface area contributed by atoms with E-state index in [9.17, 15) is 4.79 Å². The number of nitrogens with one attached hydrogen (secondary N) is 1.